The van der Waals surface area contributed by atoms with Crippen LogP contribution in [0.15, 0.2) is 0 Å². The molecule has 10 rings (SSSR count). The van der Waals surface area contributed by atoms with E-state index in [-0.39, 0.29) is 0 Å². The summed E-state index contributed by atoms with van der Waals surface area (Å²) in [6.07, 6.45) is -120. The standard InChI is InChI=1S/C68H117NO56/c1-14(79)69-15(2-70)27(81)52(16(80)3-71)119-64-51(105)54(121-68-58(45(99)35(89)24(118-68)11-106-59-46(100)38(92)28(82)17(4-72)109-59)125-67-57(44(98)34(88)23(10-78)115-67)124-63-49(103)41(95)31(85)20(7-75)112-63)37(91)26(117-64)12-107-60-50(104)53(120-66-56(43(97)33(87)22(9-77)114-66)123-62-48(102)40(94)30(84)19(6-74)111-62)36(90)25(116-60)13-108-65-55(42(96)32(86)21(8-76)113-65)122-61-47(101)39(93)29(83)18(5-73)110-61/h15-68,70-78,80-105H,2-13H2,1H3,(H,69,79)/t15-,16+,17+,18+,19+,20+,21+,22+,23+,24+,25+,26+,27+,28+,29+,30+,31+,32+,33+,34+,35+,36+,37+,38-,39-,40-,41-,42-,43-,44-,45-,46-,47-,48-,49-,50-,51-,52+,53-,54-,55-,56-,57-,58-,59-,60-,61+,62+,63+,64-,65-,66+,67+,68+/m0/s1. The molecule has 10 heterocycles. The van der Waals surface area contributed by atoms with Crippen molar-refractivity contribution < 1.29 is 278 Å². The summed E-state index contributed by atoms with van der Waals surface area (Å²) in [5.74, 6) is -0.944. The highest BCUT2D eigenvalue weighted by molar-refractivity contribution is 5.73. The van der Waals surface area contributed by atoms with E-state index in [0.717, 1.165) is 6.92 Å². The van der Waals surface area contributed by atoms with Crippen LogP contribution in [0.2, 0.25) is 0 Å². The Morgan fingerprint density at radius 2 is 0.488 bits per heavy atom. The molecule has 0 radical (unpaired) electrons. The highest BCUT2D eigenvalue weighted by Gasteiger charge is 2.62. The third-order valence-electron chi connectivity index (χ3n) is 23.0. The van der Waals surface area contributed by atoms with Crippen molar-refractivity contribution in [2.45, 2.75) is 338 Å². The maximum Gasteiger partial charge on any atom is 0.217 e. The van der Waals surface area contributed by atoms with Crippen molar-refractivity contribution in [3.8, 4) is 0 Å². The van der Waals surface area contributed by atoms with E-state index in [1.807, 2.05) is 0 Å². The highest BCUT2D eigenvalue weighted by atomic mass is 16.8. The van der Waals surface area contributed by atoms with Crippen molar-refractivity contribution in [2.75, 3.05) is 79.3 Å². The van der Waals surface area contributed by atoms with Crippen LogP contribution in [0.4, 0.5) is 0 Å². The fourth-order valence-corrected chi connectivity index (χ4v) is 15.5. The SMILES string of the molecule is CC(=O)N[C@@H](CO)[C@@H](O)[C@H](O[C@@H]1O[C@H](CO[C@H]2O[C@H](CO[C@H]3O[C@H](CO)[C@@H](O)[C@H](O)[C@@H]3O[C@H]3O[C@H](CO)[C@@H](O)[C@H](O)[C@@H]3O)[C@@H](O)[C@H](O[C@H]3O[C@H](CO)[C@@H](O)[C@H](O)[C@@H]3O[C@H]3O[C@H](CO)[C@@H](O)[C@H](O)[C@@H]3O)[C@@H]2O)[C@@H](O)[C@H](O[C@H]2O[C@H](CO[C@H]3O[C@H](CO)[C@@H](O)[C@H](O)[C@@H]3O)[C@@H](O)[C@H](O)[C@@H]2O[C@H]2O[C@H](CO)[C@@H](O)[C@H](O)[C@@H]2O[C@H]2O[C@H](CO)[C@@H](O)[C@H](O)[C@@H]2O)[C@@H]1O)[C@H](O)CO. The molecule has 125 heavy (non-hydrogen) atoms. The van der Waals surface area contributed by atoms with Crippen LogP contribution in [-0.2, 0) is 99.5 Å². The van der Waals surface area contributed by atoms with Gasteiger partial charge in [-0.1, -0.05) is 0 Å². The van der Waals surface area contributed by atoms with Crippen molar-refractivity contribution in [2.24, 2.45) is 0 Å². The lowest BCUT2D eigenvalue weighted by Gasteiger charge is -2.50. The van der Waals surface area contributed by atoms with E-state index in [9.17, 15) is 184 Å². The van der Waals surface area contributed by atoms with Crippen molar-refractivity contribution in [3.05, 3.63) is 0 Å². The number of aliphatic hydroxyl groups is 35. The first-order valence-electron chi connectivity index (χ1n) is 39.6. The fourth-order valence-electron chi connectivity index (χ4n) is 15.5. The molecule has 57 heteroatoms. The second-order valence-corrected chi connectivity index (χ2v) is 31.4. The lowest BCUT2D eigenvalue weighted by atomic mass is 9.95. The van der Waals surface area contributed by atoms with Gasteiger partial charge in [-0.3, -0.25) is 4.79 Å². The van der Waals surface area contributed by atoms with E-state index in [4.69, 9.17) is 94.7 Å². The van der Waals surface area contributed by atoms with Crippen molar-refractivity contribution in [1.29, 1.82) is 0 Å². The maximum absolute atomic E-state index is 12.8. The zero-order valence-electron chi connectivity index (χ0n) is 65.9. The Balaban J connectivity index is 1.04. The predicted octanol–water partition coefficient (Wildman–Crippen LogP) is -25.2. The van der Waals surface area contributed by atoms with Crippen LogP contribution >= 0.6 is 0 Å². The van der Waals surface area contributed by atoms with E-state index >= 15 is 0 Å². The number of carbonyl (C=O) groups is 1. The Hall–Kier alpha value is -2.73. The molecular weight excluding hydrogens is 1730 g/mol. The number of carbonyl (C=O) groups excluding carboxylic acids is 1. The predicted molar refractivity (Wildman–Crippen MR) is 376 cm³/mol. The lowest BCUT2D eigenvalue weighted by Crippen LogP contribution is -2.69. The number of nitrogens with one attached hydrogen (secondary N) is 1. The molecule has 0 aliphatic carbocycles. The normalized spacial score (nSPS) is 50.0. The molecule has 54 atom stereocenters. The topological polar surface area (TPSA) is 922 Å². The highest BCUT2D eigenvalue weighted by Crippen LogP contribution is 2.41. The Kier molecular flexibility index (Phi) is 38.4. The third kappa shape index (κ3) is 22.9. The Labute approximate surface area is 705 Å². The summed E-state index contributed by atoms with van der Waals surface area (Å²) < 4.78 is 117. The molecule has 10 saturated heterocycles. The Morgan fingerprint density at radius 3 is 0.816 bits per heavy atom. The molecule has 0 saturated carbocycles. The quantitative estimate of drug-likeness (QED) is 0.0277. The lowest BCUT2D eigenvalue weighted by molar-refractivity contribution is -0.408. The van der Waals surface area contributed by atoms with Gasteiger partial charge in [0.25, 0.3) is 0 Å². The first kappa shape index (κ1) is 104. The molecule has 10 aliphatic heterocycles. The summed E-state index contributed by atoms with van der Waals surface area (Å²) in [7, 11) is 0. The number of hydrogen-bond donors (Lipinski definition) is 36. The van der Waals surface area contributed by atoms with Crippen LogP contribution in [0.1, 0.15) is 6.92 Å². The summed E-state index contributed by atoms with van der Waals surface area (Å²) in [5.41, 5.74) is 0. The second kappa shape index (κ2) is 46.0. The second-order valence-electron chi connectivity index (χ2n) is 31.4. The van der Waals surface area contributed by atoms with Gasteiger partial charge >= 0.3 is 0 Å². The van der Waals surface area contributed by atoms with Gasteiger partial charge in [0, 0.05) is 6.92 Å². The van der Waals surface area contributed by atoms with Crippen LogP contribution in [-0.4, -0.2) is 595 Å². The molecule has 0 bridgehead atoms. The van der Waals surface area contributed by atoms with Crippen LogP contribution in [0.3, 0.4) is 0 Å². The van der Waals surface area contributed by atoms with Crippen molar-refractivity contribution in [3.63, 3.8) is 0 Å². The molecule has 1 amide bonds. The largest absolute Gasteiger partial charge is 0.394 e. The van der Waals surface area contributed by atoms with Gasteiger partial charge in [0.15, 0.2) is 62.9 Å². The first-order chi connectivity index (χ1) is 59.2. The maximum atomic E-state index is 12.8. The third-order valence-corrected chi connectivity index (χ3v) is 23.0. The smallest absolute Gasteiger partial charge is 0.217 e. The van der Waals surface area contributed by atoms with E-state index in [1.165, 1.54) is 0 Å². The fraction of sp³-hybridized carbons (Fsp3) is 0.985. The minimum absolute atomic E-state index is 0.909. The molecule has 730 valence electrons. The zero-order valence-corrected chi connectivity index (χ0v) is 65.9. The molecule has 57 nitrogen and oxygen atoms in total. The van der Waals surface area contributed by atoms with Gasteiger partial charge in [-0.15, -0.1) is 0 Å². The van der Waals surface area contributed by atoms with Gasteiger partial charge in [0.1, 0.15) is 262 Å². The van der Waals surface area contributed by atoms with Crippen LogP contribution in [0.25, 0.3) is 0 Å². The van der Waals surface area contributed by atoms with Crippen LogP contribution < -0.4 is 5.32 Å². The van der Waals surface area contributed by atoms with Crippen LogP contribution in [0, 0.1) is 0 Å². The van der Waals surface area contributed by atoms with Gasteiger partial charge in [0.2, 0.25) is 5.91 Å². The average Bonchev–Trinajstić information content (AvgIpc) is 0.760. The molecule has 0 aromatic carbocycles. The van der Waals surface area contributed by atoms with Gasteiger partial charge in [-0.05, 0) is 0 Å². The molecule has 10 aliphatic rings. The molecule has 10 fully saturated rings. The number of ether oxygens (including phenoxy) is 20. The number of rotatable bonds is 36. The number of amides is 1. The van der Waals surface area contributed by atoms with Gasteiger partial charge < -0.3 is 279 Å². The molecule has 0 aromatic rings. The Bertz CT molecular complexity index is 3200. The summed E-state index contributed by atoms with van der Waals surface area (Å²) in [6.45, 7) is -13.2. The van der Waals surface area contributed by atoms with E-state index < -0.39 is 417 Å². The molecule has 36 N–H and O–H groups in total. The average molecular weight is 1840 g/mol. The van der Waals surface area contributed by atoms with Crippen molar-refractivity contribution in [1.82, 2.24) is 5.32 Å². The summed E-state index contributed by atoms with van der Waals surface area (Å²) in [5, 5.41) is 389. The molecule has 0 unspecified atom stereocenters. The van der Waals surface area contributed by atoms with Gasteiger partial charge in [-0.2, -0.15) is 0 Å². The molecular formula is C68H117NO56. The minimum Gasteiger partial charge on any atom is -0.394 e. The van der Waals surface area contributed by atoms with E-state index in [2.05, 4.69) is 5.32 Å². The number of aliphatic hydroxyl groups excluding tert-OH is 35. The summed E-state index contributed by atoms with van der Waals surface area (Å²) >= 11 is 0. The monoisotopic (exact) mass is 1840 g/mol. The summed E-state index contributed by atoms with van der Waals surface area (Å²) in [4.78, 5) is 12.4. The Morgan fingerprint density at radius 1 is 0.256 bits per heavy atom. The van der Waals surface area contributed by atoms with Crippen LogP contribution in [0.5, 0.6) is 0 Å². The van der Waals surface area contributed by atoms with E-state index in [1.54, 1.807) is 0 Å². The number of hydrogen-bond acceptors (Lipinski definition) is 56. The zero-order chi connectivity index (χ0) is 92.1. The molecule has 0 aromatic heterocycles. The van der Waals surface area contributed by atoms with E-state index in [0.29, 0.717) is 0 Å². The van der Waals surface area contributed by atoms with Gasteiger partial charge in [-0.25, -0.2) is 0 Å². The van der Waals surface area contributed by atoms with Gasteiger partial charge in [0.05, 0.1) is 85.3 Å². The van der Waals surface area contributed by atoms with Crippen molar-refractivity contribution >= 4 is 5.91 Å². The first-order valence-corrected chi connectivity index (χ1v) is 39.6. The minimum atomic E-state index is -2.76. The molecule has 0 spiro atoms. The summed E-state index contributed by atoms with van der Waals surface area (Å²) in [6, 6.07) is -1.86.